The Morgan fingerprint density at radius 1 is 1.60 bits per heavy atom. The maximum absolute atomic E-state index is 10.3. The highest BCUT2D eigenvalue weighted by Gasteiger charge is 2.24. The number of rotatable bonds is 3. The summed E-state index contributed by atoms with van der Waals surface area (Å²) in [5.41, 5.74) is 3.67. The van der Waals surface area contributed by atoms with Gasteiger partial charge in [-0.1, -0.05) is 0 Å². The summed E-state index contributed by atoms with van der Waals surface area (Å²) in [4.78, 5) is 26.6. The predicted octanol–water partition coefficient (Wildman–Crippen LogP) is -1.17. The first-order valence-corrected chi connectivity index (χ1v) is 4.13. The van der Waals surface area contributed by atoms with E-state index in [2.05, 4.69) is 0 Å². The molecule has 10 heavy (non-hydrogen) atoms. The van der Waals surface area contributed by atoms with E-state index in [1.54, 1.807) is 0 Å². The smallest absolute Gasteiger partial charge is 0.344 e. The molecule has 0 aliphatic rings. The van der Waals surface area contributed by atoms with Crippen LogP contribution < -0.4 is 11.1 Å². The Morgan fingerprint density at radius 3 is 2.40 bits per heavy atom. The molecule has 60 valence electrons. The van der Waals surface area contributed by atoms with Crippen LogP contribution in [0.1, 0.15) is 0 Å². The highest BCUT2D eigenvalue weighted by Crippen LogP contribution is 2.34. The Kier molecular flexibility index (Phi) is 3.52. The molecule has 0 unspecified atom stereocenters. The van der Waals surface area contributed by atoms with E-state index in [-0.39, 0.29) is 13.1 Å². The molecule has 0 saturated heterocycles. The Hall–Kier alpha value is -0.420. The molecule has 0 radical (unpaired) electrons. The van der Waals surface area contributed by atoms with Crippen molar-refractivity contribution in [3.63, 3.8) is 0 Å². The molecular weight excluding hydrogens is 159 g/mol. The number of carbonyl (C=O) groups is 1. The largest absolute Gasteiger partial charge is 0.413 e. The quantitative estimate of drug-likeness (QED) is 0.396. The van der Waals surface area contributed by atoms with E-state index in [0.717, 1.165) is 0 Å². The molecule has 0 atom stereocenters. The second-order valence-corrected chi connectivity index (χ2v) is 3.06. The standard InChI is InChI=1S/C3H9N2O4P/c4-1-2-5-3(6)10(7,8)9/h1-2,4H2,(H,5,6)(H2,7,8,9). The van der Waals surface area contributed by atoms with Gasteiger partial charge in [-0.3, -0.25) is 4.79 Å². The molecule has 7 heteroatoms. The molecule has 0 aliphatic carbocycles. The SMILES string of the molecule is NCCNC(=O)P(=O)(O)O. The maximum Gasteiger partial charge on any atom is 0.413 e. The van der Waals surface area contributed by atoms with Crippen LogP contribution in [0.3, 0.4) is 0 Å². The average molecular weight is 168 g/mol. The van der Waals surface area contributed by atoms with Crippen LogP contribution in [0.2, 0.25) is 0 Å². The number of nitrogens with two attached hydrogens (primary N) is 1. The monoisotopic (exact) mass is 168 g/mol. The fraction of sp³-hybridized carbons (Fsp3) is 0.667. The van der Waals surface area contributed by atoms with Crippen molar-refractivity contribution < 1.29 is 19.1 Å². The predicted molar refractivity (Wildman–Crippen MR) is 34.5 cm³/mol. The maximum atomic E-state index is 10.3. The molecule has 0 saturated carbocycles. The van der Waals surface area contributed by atoms with Gasteiger partial charge in [0.2, 0.25) is 0 Å². The Labute approximate surface area is 57.6 Å². The highest BCUT2D eigenvalue weighted by atomic mass is 31.2. The van der Waals surface area contributed by atoms with Gasteiger partial charge in [-0.25, -0.2) is 4.57 Å². The van der Waals surface area contributed by atoms with Gasteiger partial charge in [-0.2, -0.15) is 0 Å². The molecule has 0 aromatic heterocycles. The van der Waals surface area contributed by atoms with Crippen molar-refractivity contribution in [2.45, 2.75) is 0 Å². The second kappa shape index (κ2) is 3.68. The Morgan fingerprint density at radius 2 is 2.10 bits per heavy atom. The lowest BCUT2D eigenvalue weighted by molar-refractivity contribution is 0.249. The first kappa shape index (κ1) is 9.58. The Balaban J connectivity index is 3.76. The molecule has 0 aromatic rings. The van der Waals surface area contributed by atoms with Gasteiger partial charge in [0.1, 0.15) is 0 Å². The van der Waals surface area contributed by atoms with Crippen LogP contribution in [-0.2, 0) is 4.57 Å². The first-order valence-electron chi connectivity index (χ1n) is 2.52. The summed E-state index contributed by atoms with van der Waals surface area (Å²) in [6, 6.07) is 0. The lowest BCUT2D eigenvalue weighted by atomic mass is 10.7. The third-order valence-corrected chi connectivity index (χ3v) is 1.37. The van der Waals surface area contributed by atoms with Crippen LogP contribution in [0.4, 0.5) is 4.79 Å². The normalized spacial score (nSPS) is 11.1. The summed E-state index contributed by atoms with van der Waals surface area (Å²) in [5.74, 6) is 0. The summed E-state index contributed by atoms with van der Waals surface area (Å²) in [7, 11) is -4.59. The number of hydrogen-bond donors (Lipinski definition) is 4. The topological polar surface area (TPSA) is 113 Å². The molecule has 0 bridgehead atoms. The zero-order chi connectivity index (χ0) is 8.20. The van der Waals surface area contributed by atoms with E-state index in [1.807, 2.05) is 5.32 Å². The van der Waals surface area contributed by atoms with E-state index in [1.165, 1.54) is 0 Å². The van der Waals surface area contributed by atoms with Crippen molar-refractivity contribution >= 4 is 13.2 Å². The van der Waals surface area contributed by atoms with Crippen LogP contribution in [0.25, 0.3) is 0 Å². The molecule has 5 N–H and O–H groups in total. The number of amides is 1. The van der Waals surface area contributed by atoms with Gasteiger partial charge in [-0.15, -0.1) is 0 Å². The molecule has 0 aliphatic heterocycles. The fourth-order valence-corrected chi connectivity index (χ4v) is 0.600. The molecule has 6 nitrogen and oxygen atoms in total. The van der Waals surface area contributed by atoms with Gasteiger partial charge in [0, 0.05) is 13.1 Å². The summed E-state index contributed by atoms with van der Waals surface area (Å²) in [5, 5.41) is 1.95. The molecule has 0 spiro atoms. The highest BCUT2D eigenvalue weighted by molar-refractivity contribution is 7.69. The van der Waals surface area contributed by atoms with Gasteiger partial charge in [0.25, 0.3) is 0 Å². The van der Waals surface area contributed by atoms with Crippen molar-refractivity contribution in [3.8, 4) is 0 Å². The van der Waals surface area contributed by atoms with Crippen molar-refractivity contribution in [3.05, 3.63) is 0 Å². The van der Waals surface area contributed by atoms with Gasteiger partial charge in [0.05, 0.1) is 0 Å². The van der Waals surface area contributed by atoms with Gasteiger partial charge in [0.15, 0.2) is 0 Å². The summed E-state index contributed by atoms with van der Waals surface area (Å²) in [6.45, 7) is 0.232. The van der Waals surface area contributed by atoms with E-state index < -0.39 is 13.2 Å². The van der Waals surface area contributed by atoms with Gasteiger partial charge < -0.3 is 20.8 Å². The van der Waals surface area contributed by atoms with Crippen LogP contribution in [0.15, 0.2) is 0 Å². The summed E-state index contributed by atoms with van der Waals surface area (Å²) < 4.78 is 10.1. The van der Waals surface area contributed by atoms with Crippen molar-refractivity contribution in [2.24, 2.45) is 5.73 Å². The van der Waals surface area contributed by atoms with Gasteiger partial charge >= 0.3 is 13.2 Å². The van der Waals surface area contributed by atoms with Crippen LogP contribution in [0.5, 0.6) is 0 Å². The molecule has 1 amide bonds. The zero-order valence-corrected chi connectivity index (χ0v) is 6.04. The van der Waals surface area contributed by atoms with E-state index in [4.69, 9.17) is 15.5 Å². The van der Waals surface area contributed by atoms with Crippen molar-refractivity contribution in [1.29, 1.82) is 0 Å². The zero-order valence-electron chi connectivity index (χ0n) is 5.15. The second-order valence-electron chi connectivity index (χ2n) is 1.56. The Bertz CT molecular complexity index is 164. The van der Waals surface area contributed by atoms with E-state index in [0.29, 0.717) is 0 Å². The number of carbonyl (C=O) groups excluding carboxylic acids is 1. The third kappa shape index (κ3) is 3.58. The minimum atomic E-state index is -4.59. The van der Waals surface area contributed by atoms with E-state index in [9.17, 15) is 9.36 Å². The summed E-state index contributed by atoms with van der Waals surface area (Å²) >= 11 is 0. The molecule has 0 heterocycles. The lowest BCUT2D eigenvalue weighted by Crippen LogP contribution is -2.27. The van der Waals surface area contributed by atoms with Crippen LogP contribution in [0, 0.1) is 0 Å². The molecule has 0 aromatic carbocycles. The molecule has 0 fully saturated rings. The number of hydrogen-bond acceptors (Lipinski definition) is 3. The van der Waals surface area contributed by atoms with Crippen molar-refractivity contribution in [1.82, 2.24) is 5.32 Å². The van der Waals surface area contributed by atoms with Crippen LogP contribution >= 0.6 is 7.60 Å². The number of nitrogens with one attached hydrogen (secondary N) is 1. The first-order chi connectivity index (χ1) is 4.48. The van der Waals surface area contributed by atoms with Crippen LogP contribution in [-0.4, -0.2) is 28.5 Å². The average Bonchev–Trinajstić information content (AvgIpc) is 1.80. The third-order valence-electron chi connectivity index (χ3n) is 0.685. The fourth-order valence-electron chi connectivity index (χ4n) is 0.282. The summed E-state index contributed by atoms with van der Waals surface area (Å²) in [6.07, 6.45) is 0. The molecule has 0 rings (SSSR count). The lowest BCUT2D eigenvalue weighted by Gasteiger charge is -2.02. The van der Waals surface area contributed by atoms with E-state index >= 15 is 0 Å². The minimum Gasteiger partial charge on any atom is -0.344 e. The molecular formula is C3H9N2O4P. The van der Waals surface area contributed by atoms with Crippen molar-refractivity contribution in [2.75, 3.05) is 13.1 Å². The minimum absolute atomic E-state index is 0.0734. The van der Waals surface area contributed by atoms with Gasteiger partial charge in [-0.05, 0) is 0 Å².